The van der Waals surface area contributed by atoms with E-state index in [0.29, 0.717) is 17.9 Å². The number of carbonyl (C=O) groups is 2. The Kier molecular flexibility index (Phi) is 8.21. The van der Waals surface area contributed by atoms with Crippen molar-refractivity contribution in [1.29, 1.82) is 0 Å². The Hall–Kier alpha value is -2.86. The fourth-order valence-electron chi connectivity index (χ4n) is 3.16. The van der Waals surface area contributed by atoms with Crippen LogP contribution in [0.2, 0.25) is 0 Å². The molecule has 0 saturated heterocycles. The van der Waals surface area contributed by atoms with E-state index in [1.54, 1.807) is 24.3 Å². The zero-order chi connectivity index (χ0) is 21.3. The number of ether oxygens (including phenoxy) is 1. The van der Waals surface area contributed by atoms with Gasteiger partial charge in [-0.15, -0.1) is 0 Å². The zero-order valence-electron chi connectivity index (χ0n) is 17.3. The SMILES string of the molecule is COc1ccccc1C(=O)NCCC(=O)NC[C@H](c1ccccc1)C(C)(C)CO. The number of carbonyl (C=O) groups excluding carboxylic acids is 2. The first-order chi connectivity index (χ1) is 13.9. The lowest BCUT2D eigenvalue weighted by Crippen LogP contribution is -2.38. The summed E-state index contributed by atoms with van der Waals surface area (Å²) in [7, 11) is 1.51. The first-order valence-electron chi connectivity index (χ1n) is 9.72. The quantitative estimate of drug-likeness (QED) is 0.574. The van der Waals surface area contributed by atoms with Gasteiger partial charge in [-0.05, 0) is 23.1 Å². The molecule has 0 aliphatic rings. The standard InChI is InChI=1S/C23H30N2O4/c1-23(2,16-26)19(17-9-5-4-6-10-17)15-25-21(27)13-14-24-22(28)18-11-7-8-12-20(18)29-3/h4-12,19,26H,13-16H2,1-3H3,(H,24,28)(H,25,27)/t19-/m1/s1. The van der Waals surface area contributed by atoms with E-state index in [1.807, 2.05) is 44.2 Å². The Morgan fingerprint density at radius 1 is 1.03 bits per heavy atom. The van der Waals surface area contributed by atoms with Gasteiger partial charge in [0.25, 0.3) is 5.91 Å². The molecular formula is C23H30N2O4. The van der Waals surface area contributed by atoms with Gasteiger partial charge in [-0.1, -0.05) is 56.3 Å². The summed E-state index contributed by atoms with van der Waals surface area (Å²) in [4.78, 5) is 24.6. The third kappa shape index (κ3) is 6.32. The third-order valence-corrected chi connectivity index (χ3v) is 5.05. The van der Waals surface area contributed by atoms with Crippen LogP contribution in [0.1, 0.15) is 42.1 Å². The number of methoxy groups -OCH3 is 1. The average Bonchev–Trinajstić information content (AvgIpc) is 2.74. The van der Waals surface area contributed by atoms with Crippen LogP contribution in [0.25, 0.3) is 0 Å². The van der Waals surface area contributed by atoms with Crippen molar-refractivity contribution < 1.29 is 19.4 Å². The summed E-state index contributed by atoms with van der Waals surface area (Å²) in [6.45, 7) is 4.60. The topological polar surface area (TPSA) is 87.7 Å². The van der Waals surface area contributed by atoms with E-state index < -0.39 is 0 Å². The highest BCUT2D eigenvalue weighted by Gasteiger charge is 2.30. The molecular weight excluding hydrogens is 368 g/mol. The summed E-state index contributed by atoms with van der Waals surface area (Å²) in [5.74, 6) is 0.0334. The first kappa shape index (κ1) is 22.4. The van der Waals surface area contributed by atoms with Gasteiger partial charge in [0.2, 0.25) is 5.91 Å². The second-order valence-corrected chi connectivity index (χ2v) is 7.62. The maximum absolute atomic E-state index is 12.3. The first-order valence-corrected chi connectivity index (χ1v) is 9.72. The summed E-state index contributed by atoms with van der Waals surface area (Å²) in [5.41, 5.74) is 1.12. The summed E-state index contributed by atoms with van der Waals surface area (Å²) in [6.07, 6.45) is 0.169. The Labute approximate surface area is 172 Å². The minimum Gasteiger partial charge on any atom is -0.496 e. The van der Waals surface area contributed by atoms with Crippen LogP contribution in [0, 0.1) is 5.41 Å². The lowest BCUT2D eigenvalue weighted by atomic mass is 9.75. The van der Waals surface area contributed by atoms with Crippen molar-refractivity contribution >= 4 is 11.8 Å². The molecule has 2 amide bonds. The number of rotatable bonds is 10. The maximum atomic E-state index is 12.3. The van der Waals surface area contributed by atoms with Gasteiger partial charge in [0.15, 0.2) is 0 Å². The highest BCUT2D eigenvalue weighted by molar-refractivity contribution is 5.97. The molecule has 0 radical (unpaired) electrons. The van der Waals surface area contributed by atoms with Crippen LogP contribution in [0.4, 0.5) is 0 Å². The van der Waals surface area contributed by atoms with E-state index in [2.05, 4.69) is 10.6 Å². The van der Waals surface area contributed by atoms with Crippen LogP contribution < -0.4 is 15.4 Å². The fraction of sp³-hybridized carbons (Fsp3) is 0.391. The van der Waals surface area contributed by atoms with Gasteiger partial charge in [-0.3, -0.25) is 9.59 Å². The van der Waals surface area contributed by atoms with E-state index in [9.17, 15) is 14.7 Å². The molecule has 0 fully saturated rings. The Morgan fingerprint density at radius 3 is 2.34 bits per heavy atom. The molecule has 0 aliphatic heterocycles. The molecule has 29 heavy (non-hydrogen) atoms. The van der Waals surface area contributed by atoms with Gasteiger partial charge < -0.3 is 20.5 Å². The molecule has 6 heteroatoms. The maximum Gasteiger partial charge on any atom is 0.255 e. The van der Waals surface area contributed by atoms with Crippen LogP contribution in [-0.4, -0.2) is 43.7 Å². The minimum absolute atomic E-state index is 0.0113. The van der Waals surface area contributed by atoms with Crippen molar-refractivity contribution in [1.82, 2.24) is 10.6 Å². The highest BCUT2D eigenvalue weighted by Crippen LogP contribution is 2.34. The number of hydrogen-bond donors (Lipinski definition) is 3. The zero-order valence-corrected chi connectivity index (χ0v) is 17.3. The average molecular weight is 399 g/mol. The van der Waals surface area contributed by atoms with Crippen molar-refractivity contribution in [2.24, 2.45) is 5.41 Å². The summed E-state index contributed by atoms with van der Waals surface area (Å²) >= 11 is 0. The second-order valence-electron chi connectivity index (χ2n) is 7.62. The van der Waals surface area contributed by atoms with Crippen LogP contribution in [0.15, 0.2) is 54.6 Å². The van der Waals surface area contributed by atoms with Crippen molar-refractivity contribution in [2.45, 2.75) is 26.2 Å². The van der Waals surface area contributed by atoms with Gasteiger partial charge in [0.1, 0.15) is 5.75 Å². The van der Waals surface area contributed by atoms with Gasteiger partial charge >= 0.3 is 0 Å². The molecule has 0 bridgehead atoms. The van der Waals surface area contributed by atoms with Crippen LogP contribution in [0.5, 0.6) is 5.75 Å². The lowest BCUT2D eigenvalue weighted by Gasteiger charge is -2.33. The van der Waals surface area contributed by atoms with E-state index in [-0.39, 0.29) is 42.7 Å². The lowest BCUT2D eigenvalue weighted by molar-refractivity contribution is -0.121. The Balaban J connectivity index is 1.87. The largest absolute Gasteiger partial charge is 0.496 e. The molecule has 0 heterocycles. The Morgan fingerprint density at radius 2 is 1.69 bits per heavy atom. The minimum atomic E-state index is -0.382. The highest BCUT2D eigenvalue weighted by atomic mass is 16.5. The molecule has 0 aliphatic carbocycles. The monoisotopic (exact) mass is 398 g/mol. The third-order valence-electron chi connectivity index (χ3n) is 5.05. The van der Waals surface area contributed by atoms with Crippen molar-refractivity contribution in [3.8, 4) is 5.75 Å². The molecule has 0 unspecified atom stereocenters. The molecule has 156 valence electrons. The molecule has 0 spiro atoms. The molecule has 2 rings (SSSR count). The van der Waals surface area contributed by atoms with E-state index >= 15 is 0 Å². The smallest absolute Gasteiger partial charge is 0.255 e. The van der Waals surface area contributed by atoms with Gasteiger partial charge in [-0.25, -0.2) is 0 Å². The molecule has 2 aromatic rings. The molecule has 0 saturated carbocycles. The van der Waals surface area contributed by atoms with Gasteiger partial charge in [0, 0.05) is 32.0 Å². The number of para-hydroxylation sites is 1. The van der Waals surface area contributed by atoms with Gasteiger partial charge in [-0.2, -0.15) is 0 Å². The number of hydrogen-bond acceptors (Lipinski definition) is 4. The van der Waals surface area contributed by atoms with Crippen molar-refractivity contribution in [3.05, 3.63) is 65.7 Å². The van der Waals surface area contributed by atoms with Crippen molar-refractivity contribution in [2.75, 3.05) is 26.8 Å². The number of benzene rings is 2. The van der Waals surface area contributed by atoms with Crippen LogP contribution in [-0.2, 0) is 4.79 Å². The second kappa shape index (κ2) is 10.6. The summed E-state index contributed by atoms with van der Waals surface area (Å²) < 4.78 is 5.18. The number of amides is 2. The molecule has 1 atom stereocenters. The van der Waals surface area contributed by atoms with E-state index in [1.165, 1.54) is 7.11 Å². The van der Waals surface area contributed by atoms with Gasteiger partial charge in [0.05, 0.1) is 12.7 Å². The van der Waals surface area contributed by atoms with Crippen LogP contribution >= 0.6 is 0 Å². The Bertz CT molecular complexity index is 806. The van der Waals surface area contributed by atoms with E-state index in [4.69, 9.17) is 4.74 Å². The van der Waals surface area contributed by atoms with Crippen molar-refractivity contribution in [3.63, 3.8) is 0 Å². The molecule has 6 nitrogen and oxygen atoms in total. The number of aliphatic hydroxyl groups excluding tert-OH is 1. The molecule has 0 aromatic heterocycles. The normalized spacial score (nSPS) is 12.1. The van der Waals surface area contributed by atoms with Crippen LogP contribution in [0.3, 0.4) is 0 Å². The molecule has 2 aromatic carbocycles. The molecule has 3 N–H and O–H groups in total. The predicted octanol–water partition coefficient (Wildman–Crippen LogP) is 2.73. The summed E-state index contributed by atoms with van der Waals surface area (Å²) in [6, 6.07) is 16.8. The summed E-state index contributed by atoms with van der Waals surface area (Å²) in [5, 5.41) is 15.5. The van der Waals surface area contributed by atoms with E-state index in [0.717, 1.165) is 5.56 Å². The number of aliphatic hydroxyl groups is 1. The predicted molar refractivity (Wildman–Crippen MR) is 113 cm³/mol. The number of nitrogens with one attached hydrogen (secondary N) is 2. The fourth-order valence-corrected chi connectivity index (χ4v) is 3.16.